The third-order valence-electron chi connectivity index (χ3n) is 7.06. The number of quaternary nitrogens is 1. The number of rotatable bonds is 2. The zero-order chi connectivity index (χ0) is 21.0. The maximum atomic E-state index is 13.0. The molecular weight excluding hydrogens is 396 g/mol. The van der Waals surface area contributed by atoms with Crippen molar-refractivity contribution in [2.24, 2.45) is 11.3 Å². The average molecular weight is 428 g/mol. The van der Waals surface area contributed by atoms with Crippen LogP contribution in [0.25, 0.3) is 15.9 Å². The van der Waals surface area contributed by atoms with Crippen LogP contribution in [-0.2, 0) is 12.8 Å². The van der Waals surface area contributed by atoms with Gasteiger partial charge in [-0.3, -0.25) is 4.79 Å². The molecule has 1 atom stereocenters. The Labute approximate surface area is 181 Å². The fraction of sp³-hybridized carbons (Fsp3) is 0.636. The highest BCUT2D eigenvalue weighted by Gasteiger charge is 2.32. The quantitative estimate of drug-likeness (QED) is 0.678. The van der Waals surface area contributed by atoms with E-state index < -0.39 is 0 Å². The number of fused-ring (bicyclic) bond motifs is 5. The fourth-order valence-electron chi connectivity index (χ4n) is 4.93. The van der Waals surface area contributed by atoms with Crippen LogP contribution < -0.4 is 4.90 Å². The molecule has 1 fully saturated rings. The first-order valence-electron chi connectivity index (χ1n) is 11.1. The first-order valence-corrected chi connectivity index (χ1v) is 11.9. The van der Waals surface area contributed by atoms with E-state index in [0.717, 1.165) is 61.4 Å². The molecule has 0 saturated carbocycles. The summed E-state index contributed by atoms with van der Waals surface area (Å²) in [6.07, 6.45) is 5.06. The van der Waals surface area contributed by atoms with Crippen molar-refractivity contribution in [1.82, 2.24) is 24.5 Å². The zero-order valence-corrected chi connectivity index (χ0v) is 19.2. The number of carbonyl (C=O) groups excluding carboxylic acids is 1. The van der Waals surface area contributed by atoms with Gasteiger partial charge < -0.3 is 9.80 Å². The first-order chi connectivity index (χ1) is 14.3. The lowest BCUT2D eigenvalue weighted by Crippen LogP contribution is -3.14. The van der Waals surface area contributed by atoms with Crippen LogP contribution in [-0.4, -0.2) is 63.1 Å². The van der Waals surface area contributed by atoms with Gasteiger partial charge in [0.1, 0.15) is 11.2 Å². The molecule has 8 heteroatoms. The lowest BCUT2D eigenvalue weighted by Gasteiger charge is -2.33. The van der Waals surface area contributed by atoms with Gasteiger partial charge in [0.25, 0.3) is 5.91 Å². The summed E-state index contributed by atoms with van der Waals surface area (Å²) in [5.41, 5.74) is 2.47. The number of nitrogens with zero attached hydrogens (tertiary/aromatic N) is 5. The summed E-state index contributed by atoms with van der Waals surface area (Å²) in [6.45, 7) is 13.8. The van der Waals surface area contributed by atoms with Crippen molar-refractivity contribution in [3.8, 4) is 0 Å². The van der Waals surface area contributed by atoms with E-state index in [2.05, 4.69) is 37.8 Å². The maximum Gasteiger partial charge on any atom is 0.293 e. The Morgan fingerprint density at radius 2 is 2.07 bits per heavy atom. The minimum Gasteiger partial charge on any atom is -0.332 e. The minimum atomic E-state index is -0.0566. The van der Waals surface area contributed by atoms with E-state index in [0.29, 0.717) is 17.2 Å². The minimum absolute atomic E-state index is 0.0566. The number of aryl methyl sites for hydroxylation is 1. The molecule has 1 aliphatic heterocycles. The monoisotopic (exact) mass is 427 g/mol. The van der Waals surface area contributed by atoms with Gasteiger partial charge >= 0.3 is 0 Å². The highest BCUT2D eigenvalue weighted by atomic mass is 32.1. The van der Waals surface area contributed by atoms with Crippen molar-refractivity contribution in [2.45, 2.75) is 47.0 Å². The Morgan fingerprint density at radius 1 is 1.30 bits per heavy atom. The molecule has 0 unspecified atom stereocenters. The first kappa shape index (κ1) is 19.9. The highest BCUT2D eigenvalue weighted by Crippen LogP contribution is 2.43. The molecule has 0 spiro atoms. The van der Waals surface area contributed by atoms with Crippen molar-refractivity contribution < 1.29 is 9.69 Å². The van der Waals surface area contributed by atoms with E-state index in [1.807, 2.05) is 4.90 Å². The normalized spacial score (nSPS) is 20.8. The highest BCUT2D eigenvalue weighted by molar-refractivity contribution is 7.19. The molecule has 0 radical (unpaired) electrons. The van der Waals surface area contributed by atoms with Crippen LogP contribution in [0.3, 0.4) is 0 Å². The fourth-order valence-corrected chi connectivity index (χ4v) is 6.19. The standard InChI is InChI=1S/C22H30N6OS/c1-5-26-8-10-27(11-9-26)21(29)18-24-19-17-15-7-6-14(22(2,3)4)12-16(15)30-20(17)23-13-28(19)25-18/h13-14H,5-12H2,1-4H3/p+1/t14-/m1/s1. The SMILES string of the molecule is CC[NH+]1CCN(C(=O)c2nc3c4c5c(sc4ncn3n2)C[C@H](C(C)(C)C)CC5)CC1. The van der Waals surface area contributed by atoms with E-state index in [9.17, 15) is 4.79 Å². The molecule has 0 aromatic carbocycles. The molecule has 1 N–H and O–H groups in total. The van der Waals surface area contributed by atoms with Crippen molar-refractivity contribution in [3.05, 3.63) is 22.6 Å². The largest absolute Gasteiger partial charge is 0.332 e. The number of hydrogen-bond donors (Lipinski definition) is 1. The van der Waals surface area contributed by atoms with E-state index in [4.69, 9.17) is 4.98 Å². The predicted octanol–water partition coefficient (Wildman–Crippen LogP) is 1.85. The number of thiophene rings is 1. The summed E-state index contributed by atoms with van der Waals surface area (Å²) < 4.78 is 1.70. The number of aromatic nitrogens is 4. The molecule has 1 saturated heterocycles. The smallest absolute Gasteiger partial charge is 0.293 e. The van der Waals surface area contributed by atoms with Gasteiger partial charge in [-0.15, -0.1) is 16.4 Å². The van der Waals surface area contributed by atoms with Crippen LogP contribution in [0.15, 0.2) is 6.33 Å². The van der Waals surface area contributed by atoms with Gasteiger partial charge in [-0.2, -0.15) is 0 Å². The van der Waals surface area contributed by atoms with Crippen LogP contribution >= 0.6 is 11.3 Å². The van der Waals surface area contributed by atoms with Crippen molar-refractivity contribution in [1.29, 1.82) is 0 Å². The second-order valence-electron chi connectivity index (χ2n) is 9.83. The summed E-state index contributed by atoms with van der Waals surface area (Å²) >= 11 is 1.79. The Bertz CT molecular complexity index is 1100. The van der Waals surface area contributed by atoms with Gasteiger partial charge in [-0.1, -0.05) is 20.8 Å². The third kappa shape index (κ3) is 3.30. The second kappa shape index (κ2) is 7.27. The molecule has 7 nitrogen and oxygen atoms in total. The van der Waals surface area contributed by atoms with Gasteiger partial charge in [0, 0.05) is 4.88 Å². The van der Waals surface area contributed by atoms with Crippen molar-refractivity contribution in [2.75, 3.05) is 32.7 Å². The molecular formula is C22H31N6OS+. The second-order valence-corrected chi connectivity index (χ2v) is 10.9. The van der Waals surface area contributed by atoms with Crippen molar-refractivity contribution >= 4 is 33.1 Å². The molecule has 4 heterocycles. The molecule has 30 heavy (non-hydrogen) atoms. The van der Waals surface area contributed by atoms with E-state index in [-0.39, 0.29) is 5.91 Å². The lowest BCUT2D eigenvalue weighted by molar-refractivity contribution is -0.902. The van der Waals surface area contributed by atoms with Crippen molar-refractivity contribution in [3.63, 3.8) is 0 Å². The Morgan fingerprint density at radius 3 is 2.77 bits per heavy atom. The van der Waals surface area contributed by atoms with Gasteiger partial charge in [0.05, 0.1) is 38.1 Å². The molecule has 3 aromatic rings. The molecule has 3 aromatic heterocycles. The van der Waals surface area contributed by atoms with Crippen LogP contribution in [0.5, 0.6) is 0 Å². The lowest BCUT2D eigenvalue weighted by atomic mass is 9.72. The van der Waals surface area contributed by atoms with Crippen LogP contribution in [0.1, 0.15) is 55.2 Å². The maximum absolute atomic E-state index is 13.0. The summed E-state index contributed by atoms with van der Waals surface area (Å²) in [6, 6.07) is 0. The van der Waals surface area contributed by atoms with Crippen LogP contribution in [0, 0.1) is 11.3 Å². The number of amides is 1. The molecule has 1 aliphatic carbocycles. The van der Waals surface area contributed by atoms with Crippen LogP contribution in [0.2, 0.25) is 0 Å². The average Bonchev–Trinajstić information content (AvgIpc) is 3.33. The number of hydrogen-bond acceptors (Lipinski definition) is 5. The molecule has 5 rings (SSSR count). The van der Waals surface area contributed by atoms with Gasteiger partial charge in [-0.25, -0.2) is 14.5 Å². The summed E-state index contributed by atoms with van der Waals surface area (Å²) in [5, 5.41) is 5.62. The molecule has 1 amide bonds. The van der Waals surface area contributed by atoms with E-state index in [1.165, 1.54) is 16.9 Å². The predicted molar refractivity (Wildman–Crippen MR) is 118 cm³/mol. The topological polar surface area (TPSA) is 67.8 Å². The number of piperazine rings is 1. The molecule has 2 aliphatic rings. The van der Waals surface area contributed by atoms with E-state index in [1.54, 1.807) is 27.1 Å². The van der Waals surface area contributed by atoms with Gasteiger partial charge in [-0.05, 0) is 43.1 Å². The summed E-state index contributed by atoms with van der Waals surface area (Å²) in [4.78, 5) is 28.3. The van der Waals surface area contributed by atoms with Crippen LogP contribution in [0.4, 0.5) is 0 Å². The summed E-state index contributed by atoms with van der Waals surface area (Å²) in [5.74, 6) is 0.930. The molecule has 0 bridgehead atoms. The third-order valence-corrected chi connectivity index (χ3v) is 8.22. The molecule has 160 valence electrons. The number of nitrogens with one attached hydrogen (secondary N) is 1. The van der Waals surface area contributed by atoms with E-state index >= 15 is 0 Å². The van der Waals surface area contributed by atoms with Gasteiger partial charge in [0.15, 0.2) is 5.65 Å². The Kier molecular flexibility index (Phi) is 4.82. The Hall–Kier alpha value is -2.06. The Balaban J connectivity index is 1.49. The summed E-state index contributed by atoms with van der Waals surface area (Å²) in [7, 11) is 0. The number of carbonyl (C=O) groups is 1. The van der Waals surface area contributed by atoms with Gasteiger partial charge in [0.2, 0.25) is 5.82 Å². The zero-order valence-electron chi connectivity index (χ0n) is 18.4. The number of likely N-dealkylation sites (N-methyl/N-ethyl adjacent to an activating group) is 1.